The first-order valence-corrected chi connectivity index (χ1v) is 18.1. The largest absolute Gasteiger partial charge is 0.314 e. The molecule has 0 N–H and O–H groups in total. The van der Waals surface area contributed by atoms with Crippen LogP contribution in [0.15, 0.2) is 194 Å². The summed E-state index contributed by atoms with van der Waals surface area (Å²) in [5.74, 6) is 0.877. The SMILES string of the molecule is c1ccc(-c2cc(-c3ccccc3)nc(-n3c4ccccc4c4cc5c(cc43)n(-c3ccccc3)c3ccccc3c3cccc4ccn5c43)c2)cc1. The normalized spacial score (nSPS) is 11.8. The van der Waals surface area contributed by atoms with Crippen molar-refractivity contribution in [3.8, 4) is 33.9 Å². The summed E-state index contributed by atoms with van der Waals surface area (Å²) in [6, 6.07) is 67.5. The summed E-state index contributed by atoms with van der Waals surface area (Å²) in [4.78, 5) is 5.43. The monoisotopic (exact) mass is 676 g/mol. The van der Waals surface area contributed by atoms with E-state index in [1.807, 2.05) is 0 Å². The van der Waals surface area contributed by atoms with Crippen molar-refractivity contribution in [2.45, 2.75) is 0 Å². The van der Waals surface area contributed by atoms with Gasteiger partial charge in [-0.25, -0.2) is 4.98 Å². The number of benzene rings is 7. The third kappa shape index (κ3) is 4.59. The second-order valence-electron chi connectivity index (χ2n) is 13.7. The summed E-state index contributed by atoms with van der Waals surface area (Å²) in [5, 5.41) is 5.98. The van der Waals surface area contributed by atoms with E-state index in [-0.39, 0.29) is 0 Å². The van der Waals surface area contributed by atoms with Gasteiger partial charge in [0.15, 0.2) is 0 Å². The number of rotatable bonds is 4. The molecule has 4 heteroatoms. The van der Waals surface area contributed by atoms with Crippen LogP contribution in [0.4, 0.5) is 0 Å². The Hall–Kier alpha value is -7.17. The molecule has 0 saturated heterocycles. The van der Waals surface area contributed by atoms with Gasteiger partial charge in [-0.05, 0) is 65.7 Å². The molecule has 0 aliphatic heterocycles. The minimum atomic E-state index is 0.877. The third-order valence-electron chi connectivity index (χ3n) is 10.6. The van der Waals surface area contributed by atoms with Crippen molar-refractivity contribution in [1.29, 1.82) is 0 Å². The van der Waals surface area contributed by atoms with Gasteiger partial charge in [0.25, 0.3) is 0 Å². The summed E-state index contributed by atoms with van der Waals surface area (Å²) in [7, 11) is 0. The summed E-state index contributed by atoms with van der Waals surface area (Å²) in [6.45, 7) is 0. The lowest BCUT2D eigenvalue weighted by Crippen LogP contribution is -2.03. The van der Waals surface area contributed by atoms with E-state index in [9.17, 15) is 0 Å². The third-order valence-corrected chi connectivity index (χ3v) is 10.6. The molecule has 53 heavy (non-hydrogen) atoms. The molecular formula is C49H32N4. The zero-order valence-corrected chi connectivity index (χ0v) is 28.8. The molecule has 0 bridgehead atoms. The van der Waals surface area contributed by atoms with Crippen LogP contribution >= 0.6 is 0 Å². The van der Waals surface area contributed by atoms with Gasteiger partial charge >= 0.3 is 0 Å². The molecule has 4 aromatic heterocycles. The highest BCUT2D eigenvalue weighted by Crippen LogP contribution is 2.39. The van der Waals surface area contributed by atoms with Crippen LogP contribution in [0.25, 0.3) is 93.9 Å². The van der Waals surface area contributed by atoms with Gasteiger partial charge in [-0.3, -0.25) is 4.57 Å². The zero-order valence-electron chi connectivity index (χ0n) is 28.8. The van der Waals surface area contributed by atoms with E-state index in [1.54, 1.807) is 0 Å². The average molecular weight is 677 g/mol. The molecule has 0 saturated carbocycles. The van der Waals surface area contributed by atoms with Crippen LogP contribution in [0.3, 0.4) is 0 Å². The van der Waals surface area contributed by atoms with E-state index in [0.29, 0.717) is 0 Å². The van der Waals surface area contributed by atoms with Crippen LogP contribution in [-0.4, -0.2) is 18.5 Å². The molecule has 7 aromatic carbocycles. The molecule has 11 aromatic rings. The van der Waals surface area contributed by atoms with Crippen molar-refractivity contribution in [3.63, 3.8) is 0 Å². The molecule has 0 aliphatic rings. The van der Waals surface area contributed by atoms with Crippen molar-refractivity contribution >= 4 is 60.0 Å². The first-order chi connectivity index (χ1) is 26.3. The fourth-order valence-corrected chi connectivity index (χ4v) is 8.29. The van der Waals surface area contributed by atoms with Gasteiger partial charge in [0.05, 0.1) is 38.8 Å². The molecule has 0 spiro atoms. The Morgan fingerprint density at radius 3 is 1.74 bits per heavy atom. The van der Waals surface area contributed by atoms with Crippen LogP contribution in [-0.2, 0) is 0 Å². The highest BCUT2D eigenvalue weighted by molar-refractivity contribution is 6.16. The Bertz CT molecular complexity index is 3150. The lowest BCUT2D eigenvalue weighted by molar-refractivity contribution is 1.08. The first-order valence-electron chi connectivity index (χ1n) is 18.1. The van der Waals surface area contributed by atoms with Crippen molar-refractivity contribution < 1.29 is 0 Å². The van der Waals surface area contributed by atoms with Gasteiger partial charge < -0.3 is 8.97 Å². The van der Waals surface area contributed by atoms with Crippen molar-refractivity contribution in [1.82, 2.24) is 18.5 Å². The highest BCUT2D eigenvalue weighted by atomic mass is 15.1. The number of aromatic nitrogens is 4. The predicted molar refractivity (Wildman–Crippen MR) is 221 cm³/mol. The second-order valence-corrected chi connectivity index (χ2v) is 13.7. The summed E-state index contributed by atoms with van der Waals surface area (Å²) >= 11 is 0. The van der Waals surface area contributed by atoms with Gasteiger partial charge in [-0.2, -0.15) is 0 Å². The molecule has 248 valence electrons. The van der Waals surface area contributed by atoms with Crippen molar-refractivity contribution in [2.75, 3.05) is 0 Å². The van der Waals surface area contributed by atoms with Crippen LogP contribution in [0, 0.1) is 0 Å². The number of nitrogens with zero attached hydrogens (tertiary/aromatic N) is 4. The maximum absolute atomic E-state index is 5.43. The Balaban J connectivity index is 1.35. The Morgan fingerprint density at radius 1 is 0.358 bits per heavy atom. The number of hydrogen-bond donors (Lipinski definition) is 0. The van der Waals surface area contributed by atoms with Gasteiger partial charge in [0.1, 0.15) is 5.82 Å². The molecule has 11 rings (SSSR count). The quantitative estimate of drug-likeness (QED) is 0.182. The second kappa shape index (κ2) is 11.7. The number of pyridine rings is 1. The number of fused-ring (bicyclic) bond motifs is 7. The zero-order chi connectivity index (χ0) is 34.9. The van der Waals surface area contributed by atoms with Gasteiger partial charge in [-0.1, -0.05) is 133 Å². The lowest BCUT2D eigenvalue weighted by atomic mass is 10.0. The minimum Gasteiger partial charge on any atom is -0.314 e. The fourth-order valence-electron chi connectivity index (χ4n) is 8.29. The Morgan fingerprint density at radius 2 is 0.981 bits per heavy atom. The molecule has 4 heterocycles. The molecule has 0 atom stereocenters. The van der Waals surface area contributed by atoms with Gasteiger partial charge in [-0.15, -0.1) is 0 Å². The van der Waals surface area contributed by atoms with Gasteiger partial charge in [0, 0.05) is 44.4 Å². The van der Waals surface area contributed by atoms with E-state index in [4.69, 9.17) is 4.98 Å². The predicted octanol–water partition coefficient (Wildman–Crippen LogP) is 12.6. The molecule has 4 nitrogen and oxygen atoms in total. The van der Waals surface area contributed by atoms with Crippen molar-refractivity contribution in [3.05, 3.63) is 194 Å². The van der Waals surface area contributed by atoms with Gasteiger partial charge in [0.2, 0.25) is 0 Å². The highest BCUT2D eigenvalue weighted by Gasteiger charge is 2.19. The van der Waals surface area contributed by atoms with Crippen LogP contribution < -0.4 is 0 Å². The molecule has 0 unspecified atom stereocenters. The smallest absolute Gasteiger partial charge is 0.138 e. The molecule has 0 aliphatic carbocycles. The molecule has 0 fully saturated rings. The van der Waals surface area contributed by atoms with E-state index in [1.165, 1.54) is 32.4 Å². The van der Waals surface area contributed by atoms with Crippen LogP contribution in [0.1, 0.15) is 0 Å². The first kappa shape index (κ1) is 29.5. The average Bonchev–Trinajstić information content (AvgIpc) is 3.80. The molecule has 0 amide bonds. The Labute approximate surface area is 305 Å². The number of para-hydroxylation sites is 4. The number of hydrogen-bond acceptors (Lipinski definition) is 1. The van der Waals surface area contributed by atoms with Crippen LogP contribution in [0.2, 0.25) is 0 Å². The lowest BCUT2D eigenvalue weighted by Gasteiger charge is -2.17. The van der Waals surface area contributed by atoms with E-state index < -0.39 is 0 Å². The standard InChI is InChI=1S/C49H32N4/c1-4-15-33(16-5-1)36-29-42(34-17-6-2-7-18-34)50-48(30-36)53-44-26-13-11-23-39(44)41-31-46-47(32-45(41)53)52(37-20-8-3-9-21-37)43-25-12-10-22-38(43)40-24-14-19-35-27-28-51(46)49(35)40/h1-32H. The maximum Gasteiger partial charge on any atom is 0.138 e. The summed E-state index contributed by atoms with van der Waals surface area (Å²) in [6.07, 6.45) is 2.23. The van der Waals surface area contributed by atoms with E-state index >= 15 is 0 Å². The summed E-state index contributed by atoms with van der Waals surface area (Å²) < 4.78 is 7.17. The minimum absolute atomic E-state index is 0.877. The summed E-state index contributed by atoms with van der Waals surface area (Å²) in [5.41, 5.74) is 12.2. The molecular weight excluding hydrogens is 645 g/mol. The topological polar surface area (TPSA) is 27.2 Å². The fraction of sp³-hybridized carbons (Fsp3) is 0. The van der Waals surface area contributed by atoms with E-state index in [0.717, 1.165) is 61.5 Å². The van der Waals surface area contributed by atoms with Crippen molar-refractivity contribution in [2.24, 2.45) is 0 Å². The van der Waals surface area contributed by atoms with E-state index in [2.05, 4.69) is 208 Å². The van der Waals surface area contributed by atoms with Crippen LogP contribution in [0.5, 0.6) is 0 Å². The maximum atomic E-state index is 5.43. The Kier molecular flexibility index (Phi) is 6.52. The molecule has 0 radical (unpaired) electrons.